The summed E-state index contributed by atoms with van der Waals surface area (Å²) in [6, 6.07) is 11.7. The molecule has 0 saturated carbocycles. The lowest BCUT2D eigenvalue weighted by atomic mass is 9.84. The number of hydrogen-bond acceptors (Lipinski definition) is 5. The van der Waals surface area contributed by atoms with Crippen molar-refractivity contribution in [3.63, 3.8) is 0 Å². The number of fused-ring (bicyclic) bond motifs is 2. The van der Waals surface area contributed by atoms with Gasteiger partial charge < -0.3 is 19.1 Å². The predicted octanol–water partition coefficient (Wildman–Crippen LogP) is 4.94. The second-order valence-electron chi connectivity index (χ2n) is 6.88. The molecule has 5 nitrogen and oxygen atoms in total. The maximum Gasteiger partial charge on any atom is 0.323 e. The van der Waals surface area contributed by atoms with Crippen molar-refractivity contribution >= 4 is 17.3 Å². The van der Waals surface area contributed by atoms with E-state index in [2.05, 4.69) is 0 Å². The summed E-state index contributed by atoms with van der Waals surface area (Å²) in [5.41, 5.74) is 2.16. The summed E-state index contributed by atoms with van der Waals surface area (Å²) in [5.74, 6) is -6.45. The Balaban J connectivity index is 1.92. The van der Waals surface area contributed by atoms with Crippen LogP contribution in [0.3, 0.4) is 0 Å². The molecule has 8 heteroatoms. The molecule has 1 unspecified atom stereocenters. The first-order valence-electron chi connectivity index (χ1n) is 9.31. The molecule has 1 heterocycles. The van der Waals surface area contributed by atoms with Crippen LogP contribution in [-0.2, 0) is 4.79 Å². The van der Waals surface area contributed by atoms with Crippen molar-refractivity contribution in [3.8, 4) is 17.2 Å². The average Bonchev–Trinajstić information content (AvgIpc) is 2.78. The first-order chi connectivity index (χ1) is 14.9. The van der Waals surface area contributed by atoms with E-state index < -0.39 is 35.1 Å². The van der Waals surface area contributed by atoms with Crippen molar-refractivity contribution in [3.05, 3.63) is 77.1 Å². The normalized spacial score (nSPS) is 14.5. The van der Waals surface area contributed by atoms with Crippen LogP contribution >= 0.6 is 0 Å². The van der Waals surface area contributed by atoms with Crippen LogP contribution in [-0.4, -0.2) is 27.2 Å². The molecule has 0 fully saturated rings. The molecule has 1 atom stereocenters. The Bertz CT molecular complexity index is 1180. The van der Waals surface area contributed by atoms with Crippen LogP contribution in [0.5, 0.6) is 17.2 Å². The van der Waals surface area contributed by atoms with Gasteiger partial charge >= 0.3 is 5.97 Å². The van der Waals surface area contributed by atoms with Gasteiger partial charge in [-0.3, -0.25) is 4.79 Å². The number of benzene rings is 3. The van der Waals surface area contributed by atoms with Gasteiger partial charge in [-0.1, -0.05) is 18.2 Å². The maximum atomic E-state index is 14.2. The van der Waals surface area contributed by atoms with Crippen molar-refractivity contribution in [2.75, 3.05) is 26.2 Å². The molecule has 0 N–H and O–H groups in total. The van der Waals surface area contributed by atoms with Crippen molar-refractivity contribution in [1.29, 1.82) is 0 Å². The van der Waals surface area contributed by atoms with E-state index >= 15 is 0 Å². The van der Waals surface area contributed by atoms with E-state index in [1.165, 1.54) is 14.2 Å². The number of carbonyl (C=O) groups excluding carboxylic acids is 1. The largest absolute Gasteiger partial charge is 0.496 e. The summed E-state index contributed by atoms with van der Waals surface area (Å²) < 4.78 is 58.0. The zero-order valence-electron chi connectivity index (χ0n) is 16.9. The quantitative estimate of drug-likeness (QED) is 0.334. The van der Waals surface area contributed by atoms with Gasteiger partial charge in [-0.15, -0.1) is 0 Å². The van der Waals surface area contributed by atoms with Crippen LogP contribution in [0.1, 0.15) is 17.0 Å². The van der Waals surface area contributed by atoms with Crippen molar-refractivity contribution in [2.24, 2.45) is 0 Å². The fourth-order valence-corrected chi connectivity index (χ4v) is 3.86. The molecular formula is C23H18F3NO4. The highest BCUT2D eigenvalue weighted by Crippen LogP contribution is 2.52. The number of halogens is 3. The van der Waals surface area contributed by atoms with Gasteiger partial charge in [0.25, 0.3) is 0 Å². The molecule has 1 aliphatic rings. The van der Waals surface area contributed by atoms with Gasteiger partial charge in [-0.05, 0) is 35.9 Å². The molecular weight excluding hydrogens is 411 g/mol. The zero-order chi connectivity index (χ0) is 22.3. The Hall–Kier alpha value is -3.68. The highest BCUT2D eigenvalue weighted by Gasteiger charge is 2.40. The fraction of sp³-hybridized carbons (Fsp3) is 0.174. The number of methoxy groups -OCH3 is 2. The standard InChI is InChI=1S/C23H18F3NO4/c1-27-15-7-5-4-6-12(15)18(19-16(29-2)10-11-17(30-3)21(19)27)23(28)31-22-14(25)9-8-13(24)20(22)26/h4-11,18H,1-3H3. The van der Waals surface area contributed by atoms with E-state index in [4.69, 9.17) is 14.2 Å². The van der Waals surface area contributed by atoms with Crippen LogP contribution in [0.2, 0.25) is 0 Å². The third-order valence-electron chi connectivity index (χ3n) is 5.25. The number of carbonyl (C=O) groups is 1. The van der Waals surface area contributed by atoms with Gasteiger partial charge in [0.15, 0.2) is 11.6 Å². The first-order valence-corrected chi connectivity index (χ1v) is 9.31. The minimum Gasteiger partial charge on any atom is -0.496 e. The maximum absolute atomic E-state index is 14.2. The van der Waals surface area contributed by atoms with Crippen molar-refractivity contribution in [1.82, 2.24) is 0 Å². The van der Waals surface area contributed by atoms with Crippen LogP contribution in [0, 0.1) is 17.5 Å². The lowest BCUT2D eigenvalue weighted by molar-refractivity contribution is -0.135. The lowest BCUT2D eigenvalue weighted by Gasteiger charge is -2.36. The molecule has 0 amide bonds. The minimum atomic E-state index is -1.58. The highest BCUT2D eigenvalue weighted by molar-refractivity contribution is 5.95. The van der Waals surface area contributed by atoms with E-state index in [1.807, 2.05) is 4.90 Å². The SMILES string of the molecule is COc1ccc(OC)c2c1C(C(=O)Oc1c(F)ccc(F)c1F)c1ccccc1N2C. The third-order valence-corrected chi connectivity index (χ3v) is 5.25. The Morgan fingerprint density at radius 1 is 0.903 bits per heavy atom. The number of rotatable bonds is 4. The summed E-state index contributed by atoms with van der Waals surface area (Å²) in [6.45, 7) is 0. The lowest BCUT2D eigenvalue weighted by Crippen LogP contribution is -2.29. The molecule has 1 aliphatic heterocycles. The second kappa shape index (κ2) is 7.86. The Kier molecular flexibility index (Phi) is 5.22. The van der Waals surface area contributed by atoms with Crippen molar-refractivity contribution < 1.29 is 32.2 Å². The Morgan fingerprint density at radius 2 is 1.55 bits per heavy atom. The molecule has 0 saturated heterocycles. The van der Waals surface area contributed by atoms with Gasteiger partial charge in [-0.25, -0.2) is 8.78 Å². The Morgan fingerprint density at radius 3 is 2.26 bits per heavy atom. The van der Waals surface area contributed by atoms with Gasteiger partial charge in [-0.2, -0.15) is 4.39 Å². The number of anilines is 2. The van der Waals surface area contributed by atoms with Gasteiger partial charge in [0.05, 0.1) is 19.9 Å². The summed E-state index contributed by atoms with van der Waals surface area (Å²) in [7, 11) is 4.73. The second-order valence-corrected chi connectivity index (χ2v) is 6.88. The monoisotopic (exact) mass is 429 g/mol. The first kappa shape index (κ1) is 20.6. The molecule has 3 aromatic carbocycles. The molecule has 4 rings (SSSR count). The molecule has 0 spiro atoms. The number of nitrogens with zero attached hydrogens (tertiary/aromatic N) is 1. The number of esters is 1. The molecule has 31 heavy (non-hydrogen) atoms. The Labute approximate surface area is 176 Å². The summed E-state index contributed by atoms with van der Waals surface area (Å²) in [6.07, 6.45) is 0. The van der Waals surface area contributed by atoms with Crippen molar-refractivity contribution in [2.45, 2.75) is 5.92 Å². The molecule has 0 radical (unpaired) electrons. The topological polar surface area (TPSA) is 48.0 Å². The zero-order valence-corrected chi connectivity index (χ0v) is 16.9. The summed E-state index contributed by atoms with van der Waals surface area (Å²) >= 11 is 0. The van der Waals surface area contributed by atoms with Crippen LogP contribution in [0.15, 0.2) is 48.5 Å². The minimum absolute atomic E-state index is 0.360. The molecule has 0 aliphatic carbocycles. The average molecular weight is 429 g/mol. The number of ether oxygens (including phenoxy) is 3. The van der Waals surface area contributed by atoms with Gasteiger partial charge in [0.1, 0.15) is 17.4 Å². The smallest absolute Gasteiger partial charge is 0.323 e. The van der Waals surface area contributed by atoms with E-state index in [9.17, 15) is 18.0 Å². The van der Waals surface area contributed by atoms with E-state index in [1.54, 1.807) is 43.4 Å². The van der Waals surface area contributed by atoms with E-state index in [0.717, 1.165) is 0 Å². The number of hydrogen-bond donors (Lipinski definition) is 0. The van der Waals surface area contributed by atoms with Gasteiger partial charge in [0, 0.05) is 18.3 Å². The molecule has 160 valence electrons. The third kappa shape index (κ3) is 3.24. The summed E-state index contributed by atoms with van der Waals surface area (Å²) in [4.78, 5) is 15.1. The predicted molar refractivity (Wildman–Crippen MR) is 108 cm³/mol. The molecule has 0 bridgehead atoms. The summed E-state index contributed by atoms with van der Waals surface area (Å²) in [5, 5.41) is 0. The molecule has 3 aromatic rings. The van der Waals surface area contributed by atoms with Crippen LogP contribution in [0.4, 0.5) is 24.5 Å². The highest BCUT2D eigenvalue weighted by atomic mass is 19.2. The number of para-hydroxylation sites is 1. The van der Waals surface area contributed by atoms with E-state index in [-0.39, 0.29) is 0 Å². The van der Waals surface area contributed by atoms with E-state index in [0.29, 0.717) is 46.1 Å². The fourth-order valence-electron chi connectivity index (χ4n) is 3.86. The van der Waals surface area contributed by atoms with Gasteiger partial charge in [0.2, 0.25) is 11.6 Å². The molecule has 0 aromatic heterocycles. The van der Waals surface area contributed by atoms with Crippen LogP contribution in [0.25, 0.3) is 0 Å². The van der Waals surface area contributed by atoms with Crippen LogP contribution < -0.4 is 19.1 Å².